The summed E-state index contributed by atoms with van der Waals surface area (Å²) >= 11 is 1.37. The highest BCUT2D eigenvalue weighted by molar-refractivity contribution is 7.14. The largest absolute Gasteiger partial charge is 0.493 e. The van der Waals surface area contributed by atoms with Crippen molar-refractivity contribution in [3.05, 3.63) is 75.4 Å². The molecule has 2 heterocycles. The van der Waals surface area contributed by atoms with Gasteiger partial charge in [-0.1, -0.05) is 18.6 Å². The lowest BCUT2D eigenvalue weighted by molar-refractivity contribution is -0.119. The summed E-state index contributed by atoms with van der Waals surface area (Å²) in [5.41, 5.74) is 5.02. The predicted molar refractivity (Wildman–Crippen MR) is 184 cm³/mol. The normalized spacial score (nSPS) is 13.4. The molecule has 0 spiro atoms. The Labute approximate surface area is 277 Å². The Bertz CT molecular complexity index is 1800. The molecule has 1 aliphatic rings. The second kappa shape index (κ2) is 15.5. The number of benzene rings is 1. The lowest BCUT2D eigenvalue weighted by atomic mass is 9.95. The number of hydrogen-bond acceptors (Lipinski definition) is 10. The predicted octanol–water partition coefficient (Wildman–Crippen LogP) is 5.99. The molecule has 2 aromatic heterocycles. The Morgan fingerprint density at radius 3 is 2.53 bits per heavy atom. The Balaban J connectivity index is 1.25. The van der Waals surface area contributed by atoms with Gasteiger partial charge in [-0.05, 0) is 72.7 Å². The van der Waals surface area contributed by atoms with Gasteiger partial charge in [0.15, 0.2) is 16.6 Å². The lowest BCUT2D eigenvalue weighted by Crippen LogP contribution is -2.26. The first-order valence-corrected chi connectivity index (χ1v) is 16.4. The smallest absolute Gasteiger partial charge is 0.226 e. The quantitative estimate of drug-likeness (QED) is 0.148. The molecule has 4 aromatic rings. The number of hydrogen-bond donors (Lipinski definition) is 3. The maximum atomic E-state index is 13.5. The minimum atomic E-state index is -0.373. The number of methoxy groups -OCH3 is 3. The highest BCUT2D eigenvalue weighted by Crippen LogP contribution is 2.50. The summed E-state index contributed by atoms with van der Waals surface area (Å²) in [6.07, 6.45) is 5.58. The first kappa shape index (κ1) is 33.4. The van der Waals surface area contributed by atoms with Crippen molar-refractivity contribution in [2.24, 2.45) is 0 Å². The van der Waals surface area contributed by atoms with Crippen molar-refractivity contribution in [3.63, 3.8) is 0 Å². The van der Waals surface area contributed by atoms with Gasteiger partial charge in [0.05, 0.1) is 38.8 Å². The van der Waals surface area contributed by atoms with Crippen molar-refractivity contribution in [2.45, 2.75) is 51.5 Å². The van der Waals surface area contributed by atoms with Crippen LogP contribution < -0.4 is 35.6 Å². The molecule has 11 nitrogen and oxygen atoms in total. The summed E-state index contributed by atoms with van der Waals surface area (Å²) in [6, 6.07) is 12.5. The van der Waals surface area contributed by atoms with Crippen LogP contribution in [0, 0.1) is 0 Å². The number of fused-ring (bicyclic) bond motifs is 3. The molecule has 0 saturated carbocycles. The van der Waals surface area contributed by atoms with E-state index >= 15 is 0 Å². The number of nitrogens with one attached hydrogen (secondary N) is 3. The number of nitrogens with zero attached hydrogens (tertiary/aromatic N) is 2. The first-order valence-electron chi connectivity index (χ1n) is 15.5. The first-order chi connectivity index (χ1) is 22.8. The van der Waals surface area contributed by atoms with E-state index < -0.39 is 0 Å². The number of rotatable bonds is 13. The van der Waals surface area contributed by atoms with Crippen LogP contribution in [0.5, 0.6) is 17.2 Å². The van der Waals surface area contributed by atoms with E-state index in [4.69, 9.17) is 14.2 Å². The number of ether oxygens (including phenoxy) is 3. The van der Waals surface area contributed by atoms with E-state index in [-0.39, 0.29) is 23.3 Å². The zero-order valence-electron chi connectivity index (χ0n) is 27.0. The van der Waals surface area contributed by atoms with Crippen LogP contribution in [0.2, 0.25) is 0 Å². The molecule has 0 saturated heterocycles. The fraction of sp³-hybridized carbons (Fsp3) is 0.343. The number of aromatic nitrogens is 2. The number of pyridine rings is 1. The van der Waals surface area contributed by atoms with Crippen molar-refractivity contribution in [2.75, 3.05) is 38.5 Å². The van der Waals surface area contributed by atoms with Gasteiger partial charge in [-0.15, -0.1) is 11.3 Å². The molecule has 3 N–H and O–H groups in total. The van der Waals surface area contributed by atoms with E-state index in [0.29, 0.717) is 65.9 Å². The zero-order valence-corrected chi connectivity index (χ0v) is 27.8. The van der Waals surface area contributed by atoms with E-state index in [0.717, 1.165) is 40.9 Å². The number of unbranched alkanes of at least 4 members (excludes halogenated alkanes) is 2. The number of anilines is 2. The number of carbonyl (C=O) groups excluding carboxylic acids is 2. The number of carbonyl (C=O) groups is 2. The van der Waals surface area contributed by atoms with Crippen molar-refractivity contribution in [3.8, 4) is 39.8 Å². The van der Waals surface area contributed by atoms with Gasteiger partial charge in [0.25, 0.3) is 0 Å². The van der Waals surface area contributed by atoms with Crippen LogP contribution in [-0.4, -0.2) is 49.7 Å². The molecule has 1 atom stereocenters. The van der Waals surface area contributed by atoms with Crippen LogP contribution >= 0.6 is 11.3 Å². The van der Waals surface area contributed by atoms with Gasteiger partial charge in [-0.2, -0.15) is 0 Å². The van der Waals surface area contributed by atoms with E-state index in [1.807, 2.05) is 35.7 Å². The second-order valence-corrected chi connectivity index (χ2v) is 12.0. The fourth-order valence-electron chi connectivity index (χ4n) is 5.81. The Hall–Kier alpha value is -4.97. The molecule has 0 fully saturated rings. The lowest BCUT2D eigenvalue weighted by Gasteiger charge is -2.19. The topological polar surface area (TPSA) is 141 Å². The monoisotopic (exact) mass is 657 g/mol. The third kappa shape index (κ3) is 7.89. The summed E-state index contributed by atoms with van der Waals surface area (Å²) in [5, 5.41) is 11.6. The molecular weight excluding hydrogens is 618 g/mol. The summed E-state index contributed by atoms with van der Waals surface area (Å²) in [5.74, 6) is 1.25. The van der Waals surface area contributed by atoms with Crippen LogP contribution in [0.1, 0.15) is 56.2 Å². The molecule has 0 radical (unpaired) electrons. The summed E-state index contributed by atoms with van der Waals surface area (Å²) < 4.78 is 17.1. The van der Waals surface area contributed by atoms with E-state index in [9.17, 15) is 14.4 Å². The number of amides is 2. The van der Waals surface area contributed by atoms with Gasteiger partial charge >= 0.3 is 0 Å². The Kier molecular flexibility index (Phi) is 11.0. The molecule has 0 bridgehead atoms. The third-order valence-corrected chi connectivity index (χ3v) is 8.75. The molecular formula is C35H39N5O6S. The third-order valence-electron chi connectivity index (χ3n) is 7.99. The van der Waals surface area contributed by atoms with E-state index in [1.54, 1.807) is 39.7 Å². The molecule has 0 unspecified atom stereocenters. The van der Waals surface area contributed by atoms with Crippen LogP contribution in [0.3, 0.4) is 0 Å². The van der Waals surface area contributed by atoms with Gasteiger partial charge < -0.3 is 30.2 Å². The molecule has 2 amide bonds. The van der Waals surface area contributed by atoms with Gasteiger partial charge in [0.1, 0.15) is 5.69 Å². The average molecular weight is 658 g/mol. The van der Waals surface area contributed by atoms with Crippen LogP contribution in [0.4, 0.5) is 10.8 Å². The Morgan fingerprint density at radius 2 is 1.81 bits per heavy atom. The van der Waals surface area contributed by atoms with E-state index in [2.05, 4.69) is 25.9 Å². The van der Waals surface area contributed by atoms with Crippen LogP contribution in [0.15, 0.2) is 58.8 Å². The van der Waals surface area contributed by atoms with Crippen LogP contribution in [0.25, 0.3) is 22.5 Å². The molecule has 1 aliphatic carbocycles. The highest BCUT2D eigenvalue weighted by Gasteiger charge is 2.29. The maximum Gasteiger partial charge on any atom is 0.226 e. The van der Waals surface area contributed by atoms with Crippen molar-refractivity contribution in [1.82, 2.24) is 15.3 Å². The molecule has 5 rings (SSSR count). The molecule has 12 heteroatoms. The van der Waals surface area contributed by atoms with Gasteiger partial charge in [0.2, 0.25) is 23.0 Å². The number of aryl methyl sites for hydroxylation is 1. The maximum absolute atomic E-state index is 13.5. The molecule has 246 valence electrons. The number of thiazole rings is 1. The molecule has 2 aromatic carbocycles. The molecule has 0 aliphatic heterocycles. The summed E-state index contributed by atoms with van der Waals surface area (Å²) in [6.45, 7) is 2.03. The van der Waals surface area contributed by atoms with Gasteiger partial charge in [-0.3, -0.25) is 19.4 Å². The second-order valence-electron chi connectivity index (χ2n) is 11.1. The summed E-state index contributed by atoms with van der Waals surface area (Å²) in [7, 11) is 4.71. The van der Waals surface area contributed by atoms with Crippen LogP contribution in [-0.2, 0) is 16.0 Å². The van der Waals surface area contributed by atoms with E-state index in [1.165, 1.54) is 18.3 Å². The SMILES string of the molecule is COc1cc2c(c(OC)c1OC)-c1ccc(NCCCCCC(=O)Nc3nc(-c4ccccn4)cs3)c(=O)cc1[C@@H](NC(C)=O)CC2. The zero-order chi connectivity index (χ0) is 33.3. The van der Waals surface area contributed by atoms with Crippen molar-refractivity contribution in [1.29, 1.82) is 0 Å². The van der Waals surface area contributed by atoms with Crippen molar-refractivity contribution >= 4 is 34.0 Å². The minimum Gasteiger partial charge on any atom is -0.493 e. The Morgan fingerprint density at radius 1 is 0.979 bits per heavy atom. The standard InChI is InChI=1S/C35H39N5O6S/c1-21(41)38-25-14-12-22-18-30(44-2)33(45-3)34(46-4)32(22)23-13-15-27(29(42)19-24(23)25)37-16-8-5-6-11-31(43)40-35-39-28(20-47-35)26-10-7-9-17-36-26/h7,9-10,13,15,17-20,25H,5-6,8,11-12,14,16H2,1-4H3,(H,37,42)(H,38,41)(H,39,40,43)/t25-/m0/s1. The highest BCUT2D eigenvalue weighted by atomic mass is 32.1. The molecule has 47 heavy (non-hydrogen) atoms. The van der Waals surface area contributed by atoms with Crippen molar-refractivity contribution < 1.29 is 23.8 Å². The minimum absolute atomic E-state index is 0.0861. The summed E-state index contributed by atoms with van der Waals surface area (Å²) in [4.78, 5) is 46.9. The van der Waals surface area contributed by atoms with Gasteiger partial charge in [-0.25, -0.2) is 4.98 Å². The van der Waals surface area contributed by atoms with Gasteiger partial charge in [0, 0.05) is 37.0 Å². The average Bonchev–Trinajstić information content (AvgIpc) is 3.41. The fourth-order valence-corrected chi connectivity index (χ4v) is 6.53.